The minimum Gasteiger partial charge on any atom is -0.396 e. The fourth-order valence-corrected chi connectivity index (χ4v) is 3.27. The quantitative estimate of drug-likeness (QED) is 0.873. The van der Waals surface area contributed by atoms with E-state index in [2.05, 4.69) is 11.0 Å². The maximum Gasteiger partial charge on any atom is 0.0473 e. The maximum atomic E-state index is 9.23. The summed E-state index contributed by atoms with van der Waals surface area (Å²) in [5.74, 6) is 0. The number of aliphatic hydroxyl groups excluding tert-OH is 1. The Morgan fingerprint density at radius 1 is 1.42 bits per heavy atom. The standard InChI is InChI=1S/C15H23ClN2O/c16-13-5-3-4-12(10-13)15(11-17)18-8-2-1-6-14(18)7-9-19/h3-5,10,14-15,19H,1-2,6-9,11,17H2. The number of benzene rings is 1. The van der Waals surface area contributed by atoms with Crippen LogP contribution in [0.3, 0.4) is 0 Å². The second-order valence-corrected chi connectivity index (χ2v) is 5.64. The van der Waals surface area contributed by atoms with Crippen LogP contribution in [0.15, 0.2) is 24.3 Å². The van der Waals surface area contributed by atoms with E-state index in [0.29, 0.717) is 12.6 Å². The van der Waals surface area contributed by atoms with Gasteiger partial charge < -0.3 is 10.8 Å². The van der Waals surface area contributed by atoms with Crippen LogP contribution >= 0.6 is 11.6 Å². The number of hydrogen-bond acceptors (Lipinski definition) is 3. The van der Waals surface area contributed by atoms with Crippen LogP contribution in [0.5, 0.6) is 0 Å². The van der Waals surface area contributed by atoms with Crippen molar-refractivity contribution in [3.63, 3.8) is 0 Å². The van der Waals surface area contributed by atoms with Crippen LogP contribution in [-0.4, -0.2) is 35.7 Å². The molecule has 19 heavy (non-hydrogen) atoms. The van der Waals surface area contributed by atoms with Crippen molar-refractivity contribution in [2.45, 2.75) is 37.8 Å². The topological polar surface area (TPSA) is 49.5 Å². The lowest BCUT2D eigenvalue weighted by Gasteiger charge is -2.41. The summed E-state index contributed by atoms with van der Waals surface area (Å²) in [5, 5.41) is 9.98. The van der Waals surface area contributed by atoms with E-state index in [-0.39, 0.29) is 12.6 Å². The van der Waals surface area contributed by atoms with Crippen molar-refractivity contribution < 1.29 is 5.11 Å². The molecule has 106 valence electrons. The highest BCUT2D eigenvalue weighted by molar-refractivity contribution is 6.30. The number of nitrogens with two attached hydrogens (primary N) is 1. The van der Waals surface area contributed by atoms with Crippen molar-refractivity contribution in [2.75, 3.05) is 19.7 Å². The molecular weight excluding hydrogens is 260 g/mol. The Hall–Kier alpha value is -0.610. The average molecular weight is 283 g/mol. The third kappa shape index (κ3) is 3.69. The summed E-state index contributed by atoms with van der Waals surface area (Å²) in [6, 6.07) is 8.60. The molecule has 0 bridgehead atoms. The van der Waals surface area contributed by atoms with Crippen LogP contribution in [0.25, 0.3) is 0 Å². The fraction of sp³-hybridized carbons (Fsp3) is 0.600. The van der Waals surface area contributed by atoms with E-state index in [1.807, 2.05) is 18.2 Å². The lowest BCUT2D eigenvalue weighted by molar-refractivity contribution is 0.0782. The number of aliphatic hydroxyl groups is 1. The minimum absolute atomic E-state index is 0.204. The van der Waals surface area contributed by atoms with Gasteiger partial charge in [-0.3, -0.25) is 4.90 Å². The zero-order chi connectivity index (χ0) is 13.7. The molecule has 0 aliphatic carbocycles. The van der Waals surface area contributed by atoms with Gasteiger partial charge in [-0.2, -0.15) is 0 Å². The lowest BCUT2D eigenvalue weighted by atomic mass is 9.94. The van der Waals surface area contributed by atoms with Gasteiger partial charge >= 0.3 is 0 Å². The molecule has 1 fully saturated rings. The highest BCUT2D eigenvalue weighted by atomic mass is 35.5. The molecule has 1 saturated heterocycles. The lowest BCUT2D eigenvalue weighted by Crippen LogP contribution is -2.44. The Balaban J connectivity index is 2.19. The second-order valence-electron chi connectivity index (χ2n) is 5.21. The summed E-state index contributed by atoms with van der Waals surface area (Å²) < 4.78 is 0. The molecule has 0 radical (unpaired) electrons. The molecule has 4 heteroatoms. The molecule has 2 unspecified atom stereocenters. The van der Waals surface area contributed by atoms with E-state index in [0.717, 1.165) is 24.4 Å². The second kappa shape index (κ2) is 7.25. The van der Waals surface area contributed by atoms with Gasteiger partial charge in [-0.1, -0.05) is 30.2 Å². The molecule has 3 N–H and O–H groups in total. The van der Waals surface area contributed by atoms with Crippen LogP contribution in [0, 0.1) is 0 Å². The first-order valence-corrected chi connectivity index (χ1v) is 7.46. The van der Waals surface area contributed by atoms with E-state index in [1.165, 1.54) is 18.4 Å². The highest BCUT2D eigenvalue weighted by Crippen LogP contribution is 2.30. The molecule has 3 nitrogen and oxygen atoms in total. The van der Waals surface area contributed by atoms with Crippen LogP contribution in [0.4, 0.5) is 0 Å². The normalized spacial score (nSPS) is 22.4. The van der Waals surface area contributed by atoms with Crippen LogP contribution in [-0.2, 0) is 0 Å². The summed E-state index contributed by atoms with van der Waals surface area (Å²) in [5.41, 5.74) is 7.18. The zero-order valence-corrected chi connectivity index (χ0v) is 12.0. The van der Waals surface area contributed by atoms with Gasteiger partial charge in [-0.05, 0) is 43.5 Å². The van der Waals surface area contributed by atoms with Crippen molar-refractivity contribution in [2.24, 2.45) is 5.73 Å². The SMILES string of the molecule is NCC(c1cccc(Cl)c1)N1CCCCC1CCO. The Bertz CT molecular complexity index is 397. The molecule has 2 atom stereocenters. The molecule has 1 aliphatic heterocycles. The monoisotopic (exact) mass is 282 g/mol. The summed E-state index contributed by atoms with van der Waals surface area (Å²) in [4.78, 5) is 2.45. The van der Waals surface area contributed by atoms with Crippen LogP contribution in [0.2, 0.25) is 5.02 Å². The molecule has 0 saturated carbocycles. The average Bonchev–Trinajstić information content (AvgIpc) is 2.42. The predicted octanol–water partition coefficient (Wildman–Crippen LogP) is 2.58. The van der Waals surface area contributed by atoms with Crippen molar-refractivity contribution in [1.29, 1.82) is 0 Å². The smallest absolute Gasteiger partial charge is 0.0473 e. The predicted molar refractivity (Wildman–Crippen MR) is 79.3 cm³/mol. The van der Waals surface area contributed by atoms with Crippen LogP contribution < -0.4 is 5.73 Å². The number of hydrogen-bond donors (Lipinski definition) is 2. The number of nitrogens with zero attached hydrogens (tertiary/aromatic N) is 1. The summed E-state index contributed by atoms with van der Waals surface area (Å²) in [6.45, 7) is 1.88. The van der Waals surface area contributed by atoms with E-state index in [9.17, 15) is 5.11 Å². The van der Waals surface area contributed by atoms with Crippen LogP contribution in [0.1, 0.15) is 37.3 Å². The van der Waals surface area contributed by atoms with Crippen molar-refractivity contribution in [3.8, 4) is 0 Å². The molecule has 2 rings (SSSR count). The van der Waals surface area contributed by atoms with Gasteiger partial charge in [0.2, 0.25) is 0 Å². The van der Waals surface area contributed by atoms with Crippen molar-refractivity contribution in [1.82, 2.24) is 4.90 Å². The van der Waals surface area contributed by atoms with Gasteiger partial charge in [0.05, 0.1) is 0 Å². The first kappa shape index (κ1) is 14.8. The molecule has 1 aliphatic rings. The van der Waals surface area contributed by atoms with E-state index in [4.69, 9.17) is 17.3 Å². The Labute approximate surface area is 120 Å². The molecule has 0 spiro atoms. The van der Waals surface area contributed by atoms with Gasteiger partial charge in [0.1, 0.15) is 0 Å². The molecule has 0 amide bonds. The van der Waals surface area contributed by atoms with E-state index >= 15 is 0 Å². The third-order valence-electron chi connectivity index (χ3n) is 3.99. The Morgan fingerprint density at radius 3 is 2.95 bits per heavy atom. The first-order valence-electron chi connectivity index (χ1n) is 7.08. The summed E-state index contributed by atoms with van der Waals surface area (Å²) in [6.07, 6.45) is 4.43. The number of rotatable bonds is 5. The van der Waals surface area contributed by atoms with Gasteiger partial charge in [0.25, 0.3) is 0 Å². The van der Waals surface area contributed by atoms with Crippen molar-refractivity contribution in [3.05, 3.63) is 34.9 Å². The Kier molecular flexibility index (Phi) is 5.64. The first-order chi connectivity index (χ1) is 9.26. The zero-order valence-electron chi connectivity index (χ0n) is 11.3. The van der Waals surface area contributed by atoms with E-state index in [1.54, 1.807) is 0 Å². The largest absolute Gasteiger partial charge is 0.396 e. The maximum absolute atomic E-state index is 9.23. The fourth-order valence-electron chi connectivity index (χ4n) is 3.07. The van der Waals surface area contributed by atoms with Gasteiger partial charge in [0, 0.05) is 30.3 Å². The third-order valence-corrected chi connectivity index (χ3v) is 4.23. The summed E-state index contributed by atoms with van der Waals surface area (Å²) >= 11 is 6.08. The molecule has 1 aromatic rings. The Morgan fingerprint density at radius 2 is 2.26 bits per heavy atom. The molecule has 1 heterocycles. The summed E-state index contributed by atoms with van der Waals surface area (Å²) in [7, 11) is 0. The number of likely N-dealkylation sites (tertiary alicyclic amines) is 1. The van der Waals surface area contributed by atoms with Gasteiger partial charge in [0.15, 0.2) is 0 Å². The van der Waals surface area contributed by atoms with E-state index < -0.39 is 0 Å². The highest BCUT2D eigenvalue weighted by Gasteiger charge is 2.28. The number of halogens is 1. The minimum atomic E-state index is 0.204. The van der Waals surface area contributed by atoms with Gasteiger partial charge in [-0.15, -0.1) is 0 Å². The van der Waals surface area contributed by atoms with Crippen molar-refractivity contribution >= 4 is 11.6 Å². The molecule has 0 aromatic heterocycles. The molecule has 1 aromatic carbocycles. The van der Waals surface area contributed by atoms with Gasteiger partial charge in [-0.25, -0.2) is 0 Å². The molecular formula is C15H23ClN2O. The number of piperidine rings is 1.